The van der Waals surface area contributed by atoms with E-state index in [1.54, 1.807) is 6.33 Å². The van der Waals surface area contributed by atoms with Crippen LogP contribution in [0, 0.1) is 5.92 Å². The van der Waals surface area contributed by atoms with E-state index in [9.17, 15) is 0 Å². The van der Waals surface area contributed by atoms with Crippen LogP contribution >= 0.6 is 0 Å². The lowest BCUT2D eigenvalue weighted by Crippen LogP contribution is -2.38. The van der Waals surface area contributed by atoms with E-state index in [2.05, 4.69) is 26.3 Å². The number of piperidine rings is 1. The molecule has 2 heterocycles. The third-order valence-electron chi connectivity index (χ3n) is 3.76. The summed E-state index contributed by atoms with van der Waals surface area (Å²) in [5, 5.41) is 3.42. The molecule has 1 aromatic rings. The molecule has 1 unspecified atom stereocenters. The number of nitrogens with zero attached hydrogens (tertiary/aromatic N) is 3. The van der Waals surface area contributed by atoms with Crippen molar-refractivity contribution in [2.75, 3.05) is 29.9 Å². The summed E-state index contributed by atoms with van der Waals surface area (Å²) in [6.07, 6.45) is 6.63. The lowest BCUT2D eigenvalue weighted by Gasteiger charge is -2.33. The van der Waals surface area contributed by atoms with Gasteiger partial charge in [-0.15, -0.1) is 0 Å². The van der Waals surface area contributed by atoms with E-state index in [1.165, 1.54) is 25.7 Å². The highest BCUT2D eigenvalue weighted by Crippen LogP contribution is 2.26. The number of nitrogens with two attached hydrogens (primary N) is 1. The number of nitrogens with one attached hydrogen (secondary N) is 1. The maximum absolute atomic E-state index is 5.78. The van der Waals surface area contributed by atoms with Crippen LogP contribution in [0.25, 0.3) is 0 Å². The minimum Gasteiger partial charge on any atom is -0.367 e. The molecule has 3 N–H and O–H groups in total. The Morgan fingerprint density at radius 2 is 2.22 bits per heavy atom. The molecule has 0 bridgehead atoms. The predicted octanol–water partition coefficient (Wildman–Crippen LogP) is 1.23. The van der Waals surface area contributed by atoms with Gasteiger partial charge in [0.25, 0.3) is 0 Å². The molecule has 2 aliphatic rings. The van der Waals surface area contributed by atoms with Crippen molar-refractivity contribution >= 4 is 11.6 Å². The van der Waals surface area contributed by atoms with Gasteiger partial charge in [-0.1, -0.05) is 0 Å². The van der Waals surface area contributed by atoms with Gasteiger partial charge in [0.15, 0.2) is 0 Å². The third kappa shape index (κ3) is 2.72. The standard InChI is InChI=1S/C13H21N5/c14-7-10-2-1-5-18(8-10)13-6-12(15-9-16-13)17-11-3-4-11/h6,9-11H,1-5,7-8,14H2,(H,15,16,17). The maximum Gasteiger partial charge on any atom is 0.134 e. The first-order valence-electron chi connectivity index (χ1n) is 6.89. The van der Waals surface area contributed by atoms with Crippen LogP contribution in [0.5, 0.6) is 0 Å². The van der Waals surface area contributed by atoms with E-state index >= 15 is 0 Å². The lowest BCUT2D eigenvalue weighted by molar-refractivity contribution is 0.421. The van der Waals surface area contributed by atoms with Crippen molar-refractivity contribution in [3.8, 4) is 0 Å². The Labute approximate surface area is 108 Å². The Balaban J connectivity index is 1.69. The molecular weight excluding hydrogens is 226 g/mol. The van der Waals surface area contributed by atoms with Gasteiger partial charge in [-0.3, -0.25) is 0 Å². The molecule has 18 heavy (non-hydrogen) atoms. The zero-order valence-electron chi connectivity index (χ0n) is 10.7. The van der Waals surface area contributed by atoms with E-state index in [4.69, 9.17) is 5.73 Å². The van der Waals surface area contributed by atoms with E-state index in [1.807, 2.05) is 0 Å². The summed E-state index contributed by atoms with van der Waals surface area (Å²) < 4.78 is 0. The minimum absolute atomic E-state index is 0.605. The third-order valence-corrected chi connectivity index (χ3v) is 3.76. The molecule has 1 saturated carbocycles. The fourth-order valence-electron chi connectivity index (χ4n) is 2.50. The molecule has 0 spiro atoms. The molecule has 5 nitrogen and oxygen atoms in total. The second kappa shape index (κ2) is 5.10. The van der Waals surface area contributed by atoms with Gasteiger partial charge in [-0.25, -0.2) is 9.97 Å². The normalized spacial score (nSPS) is 24.1. The first-order chi connectivity index (χ1) is 8.85. The van der Waals surface area contributed by atoms with Crippen molar-refractivity contribution in [1.82, 2.24) is 9.97 Å². The summed E-state index contributed by atoms with van der Waals surface area (Å²) >= 11 is 0. The van der Waals surface area contributed by atoms with Crippen molar-refractivity contribution < 1.29 is 0 Å². The van der Waals surface area contributed by atoms with E-state index in [0.29, 0.717) is 12.0 Å². The number of aromatic nitrogens is 2. The van der Waals surface area contributed by atoms with Crippen LogP contribution < -0.4 is 16.0 Å². The zero-order valence-corrected chi connectivity index (χ0v) is 10.7. The van der Waals surface area contributed by atoms with Crippen LogP contribution in [-0.4, -0.2) is 35.6 Å². The molecule has 1 saturated heterocycles. The predicted molar refractivity (Wildman–Crippen MR) is 72.7 cm³/mol. The van der Waals surface area contributed by atoms with Gasteiger partial charge in [0.05, 0.1) is 0 Å². The first kappa shape index (κ1) is 11.7. The maximum atomic E-state index is 5.78. The van der Waals surface area contributed by atoms with Crippen LogP contribution in [0.4, 0.5) is 11.6 Å². The molecule has 2 fully saturated rings. The molecule has 1 aliphatic heterocycles. The lowest BCUT2D eigenvalue weighted by atomic mass is 9.98. The average Bonchev–Trinajstić information content (AvgIpc) is 3.23. The Kier molecular flexibility index (Phi) is 3.32. The van der Waals surface area contributed by atoms with Crippen molar-refractivity contribution in [2.24, 2.45) is 11.7 Å². The van der Waals surface area contributed by atoms with Crippen molar-refractivity contribution in [3.05, 3.63) is 12.4 Å². The number of anilines is 2. The smallest absolute Gasteiger partial charge is 0.134 e. The highest BCUT2D eigenvalue weighted by molar-refractivity contribution is 5.49. The summed E-state index contributed by atoms with van der Waals surface area (Å²) in [5.74, 6) is 2.59. The van der Waals surface area contributed by atoms with Crippen LogP contribution in [0.15, 0.2) is 12.4 Å². The second-order valence-electron chi connectivity index (χ2n) is 5.37. The Morgan fingerprint density at radius 1 is 1.33 bits per heavy atom. The summed E-state index contributed by atoms with van der Waals surface area (Å²) in [6, 6.07) is 2.70. The number of hydrogen-bond donors (Lipinski definition) is 2. The molecule has 0 radical (unpaired) electrons. The summed E-state index contributed by atoms with van der Waals surface area (Å²) in [7, 11) is 0. The largest absolute Gasteiger partial charge is 0.367 e. The molecule has 1 aliphatic carbocycles. The summed E-state index contributed by atoms with van der Waals surface area (Å²) in [6.45, 7) is 2.88. The van der Waals surface area contributed by atoms with Crippen LogP contribution in [0.2, 0.25) is 0 Å². The Hall–Kier alpha value is -1.36. The molecule has 3 rings (SSSR count). The van der Waals surface area contributed by atoms with Gasteiger partial charge < -0.3 is 16.0 Å². The second-order valence-corrected chi connectivity index (χ2v) is 5.37. The summed E-state index contributed by atoms with van der Waals surface area (Å²) in [4.78, 5) is 11.0. The molecular formula is C13H21N5. The molecule has 5 heteroatoms. The fraction of sp³-hybridized carbons (Fsp3) is 0.692. The summed E-state index contributed by atoms with van der Waals surface area (Å²) in [5.41, 5.74) is 5.78. The first-order valence-corrected chi connectivity index (χ1v) is 6.89. The zero-order chi connectivity index (χ0) is 12.4. The van der Waals surface area contributed by atoms with Crippen LogP contribution in [0.1, 0.15) is 25.7 Å². The van der Waals surface area contributed by atoms with Gasteiger partial charge in [0, 0.05) is 25.2 Å². The Morgan fingerprint density at radius 3 is 3.00 bits per heavy atom. The number of hydrogen-bond acceptors (Lipinski definition) is 5. The SMILES string of the molecule is NCC1CCCN(c2cc(NC3CC3)ncn2)C1. The average molecular weight is 247 g/mol. The minimum atomic E-state index is 0.605. The van der Waals surface area contributed by atoms with Gasteiger partial charge in [0.1, 0.15) is 18.0 Å². The van der Waals surface area contributed by atoms with Crippen molar-refractivity contribution in [3.63, 3.8) is 0 Å². The quantitative estimate of drug-likeness (QED) is 0.837. The molecule has 98 valence electrons. The highest BCUT2D eigenvalue weighted by atomic mass is 15.2. The molecule has 1 aromatic heterocycles. The number of rotatable bonds is 4. The monoisotopic (exact) mass is 247 g/mol. The van der Waals surface area contributed by atoms with Crippen LogP contribution in [-0.2, 0) is 0 Å². The van der Waals surface area contributed by atoms with Gasteiger partial charge in [0.2, 0.25) is 0 Å². The van der Waals surface area contributed by atoms with Crippen molar-refractivity contribution in [1.29, 1.82) is 0 Å². The van der Waals surface area contributed by atoms with E-state index < -0.39 is 0 Å². The molecule has 0 aromatic carbocycles. The van der Waals surface area contributed by atoms with Crippen molar-refractivity contribution in [2.45, 2.75) is 31.7 Å². The van der Waals surface area contributed by atoms with E-state index in [-0.39, 0.29) is 0 Å². The molecule has 0 amide bonds. The van der Waals surface area contributed by atoms with Gasteiger partial charge >= 0.3 is 0 Å². The highest BCUT2D eigenvalue weighted by Gasteiger charge is 2.23. The van der Waals surface area contributed by atoms with Crippen LogP contribution in [0.3, 0.4) is 0 Å². The van der Waals surface area contributed by atoms with E-state index in [0.717, 1.165) is 31.3 Å². The topological polar surface area (TPSA) is 67.1 Å². The van der Waals surface area contributed by atoms with Gasteiger partial charge in [-0.05, 0) is 38.1 Å². The fourth-order valence-corrected chi connectivity index (χ4v) is 2.50. The van der Waals surface area contributed by atoms with Gasteiger partial charge in [-0.2, -0.15) is 0 Å². The Bertz CT molecular complexity index is 404. The molecule has 1 atom stereocenters.